The normalized spacial score (nSPS) is 19.3. The maximum Gasteiger partial charge on any atom is 0.333 e. The van der Waals surface area contributed by atoms with Gasteiger partial charge in [-0.05, 0) is 85.9 Å². The molecule has 0 spiro atoms. The van der Waals surface area contributed by atoms with Gasteiger partial charge in [-0.25, -0.2) is 4.79 Å². The van der Waals surface area contributed by atoms with Crippen molar-refractivity contribution in [2.45, 2.75) is 142 Å². The second-order valence-corrected chi connectivity index (χ2v) is 32.0. The summed E-state index contributed by atoms with van der Waals surface area (Å²) in [6.45, 7) is 37.9. The molecule has 0 aliphatic rings. The van der Waals surface area contributed by atoms with Crippen molar-refractivity contribution >= 4 is 39.0 Å². The first kappa shape index (κ1) is 35.0. The molecule has 0 fully saturated rings. The quantitative estimate of drug-likeness (QED) is 0.0828. The Morgan fingerprint density at radius 1 is 0.886 bits per heavy atom. The van der Waals surface area contributed by atoms with E-state index >= 15 is 0 Å². The molecule has 0 radical (unpaired) electrons. The van der Waals surface area contributed by atoms with Gasteiger partial charge in [-0.2, -0.15) is 0 Å². The third-order valence-electron chi connectivity index (χ3n) is 7.87. The van der Waals surface area contributed by atoms with Gasteiger partial charge in [0.2, 0.25) is 8.32 Å². The zero-order chi connectivity index (χ0) is 28.0. The van der Waals surface area contributed by atoms with E-state index in [9.17, 15) is 4.79 Å². The van der Waals surface area contributed by atoms with E-state index in [1.165, 1.54) is 0 Å². The molecule has 0 rings (SSSR count). The van der Waals surface area contributed by atoms with Gasteiger partial charge in [0.15, 0.2) is 16.6 Å². The van der Waals surface area contributed by atoms with Crippen molar-refractivity contribution in [3.63, 3.8) is 0 Å². The second kappa shape index (κ2) is 13.2. The Morgan fingerprint density at radius 3 is 1.80 bits per heavy atom. The van der Waals surface area contributed by atoms with Crippen LogP contribution in [-0.2, 0) is 22.8 Å². The lowest BCUT2D eigenvalue weighted by molar-refractivity contribution is -0.138. The summed E-state index contributed by atoms with van der Waals surface area (Å²) in [7, 11) is -7.61. The molecule has 0 saturated heterocycles. The zero-order valence-corrected chi connectivity index (χ0v) is 29.8. The molecule has 0 aromatic rings. The molecule has 0 N–H and O–H groups in total. The topological polar surface area (TPSA) is 54.0 Å². The summed E-state index contributed by atoms with van der Waals surface area (Å²) >= 11 is 0. The SMILES string of the molecule is C=C(C)C(=O)OCCC[Si](C)(OC(C)[Si](C)(C)C)C(C)(CC)C(C)O[Si](C)(C)C(C)O[Si](C)(C)C. The van der Waals surface area contributed by atoms with Gasteiger partial charge in [-0.1, -0.05) is 40.1 Å². The standard InChI is InChI=1S/C26H58O5Si4/c1-17-26(7,22(4)29-34(14,15)24(6)30-33(11,12)13)35(16,31-23(5)32(8,9)10)20-18-19-28-25(27)21(2)3/h22-24H,2,17-20H2,1,3-16H3. The molecular formula is C26H58O5Si4. The van der Waals surface area contributed by atoms with E-state index in [1.807, 2.05) is 0 Å². The van der Waals surface area contributed by atoms with Crippen LogP contribution < -0.4 is 0 Å². The Labute approximate surface area is 222 Å². The van der Waals surface area contributed by atoms with Crippen molar-refractivity contribution < 1.29 is 22.8 Å². The smallest absolute Gasteiger partial charge is 0.333 e. The van der Waals surface area contributed by atoms with Crippen LogP contribution in [0, 0.1) is 0 Å². The van der Waals surface area contributed by atoms with Gasteiger partial charge in [0.1, 0.15) is 0 Å². The molecule has 0 bridgehead atoms. The van der Waals surface area contributed by atoms with Crippen LogP contribution >= 0.6 is 0 Å². The minimum Gasteiger partial charge on any atom is -0.462 e. The molecule has 9 heteroatoms. The lowest BCUT2D eigenvalue weighted by Gasteiger charge is -2.52. The van der Waals surface area contributed by atoms with Crippen LogP contribution in [0.2, 0.25) is 70.0 Å². The molecule has 5 unspecified atom stereocenters. The summed E-state index contributed by atoms with van der Waals surface area (Å²) < 4.78 is 26.0. The van der Waals surface area contributed by atoms with Gasteiger partial charge in [0, 0.05) is 22.4 Å². The highest BCUT2D eigenvalue weighted by Gasteiger charge is 2.54. The third-order valence-corrected chi connectivity index (χ3v) is 20.3. The maximum absolute atomic E-state index is 11.9. The second-order valence-electron chi connectivity index (χ2n) is 13.4. The molecule has 0 saturated carbocycles. The summed E-state index contributed by atoms with van der Waals surface area (Å²) in [4.78, 5) is 11.9. The van der Waals surface area contributed by atoms with Gasteiger partial charge in [0.05, 0.1) is 20.4 Å². The molecular weight excluding hydrogens is 505 g/mol. The number of esters is 1. The average molecular weight is 563 g/mol. The van der Waals surface area contributed by atoms with Crippen molar-refractivity contribution in [3.8, 4) is 0 Å². The zero-order valence-electron chi connectivity index (χ0n) is 25.8. The largest absolute Gasteiger partial charge is 0.462 e. The van der Waals surface area contributed by atoms with Gasteiger partial charge < -0.3 is 18.0 Å². The Hall–Kier alpha value is -0.0425. The van der Waals surface area contributed by atoms with E-state index in [-0.39, 0.29) is 28.6 Å². The predicted octanol–water partition coefficient (Wildman–Crippen LogP) is 7.91. The molecule has 0 aliphatic carbocycles. The Balaban J connectivity index is 5.95. The number of hydrogen-bond acceptors (Lipinski definition) is 5. The summed E-state index contributed by atoms with van der Waals surface area (Å²) in [5.41, 5.74) is 0.819. The number of ether oxygens (including phenoxy) is 1. The first-order valence-corrected chi connectivity index (χ1v) is 26.0. The summed E-state index contributed by atoms with van der Waals surface area (Å²) in [5.74, 6) is -0.316. The van der Waals surface area contributed by atoms with E-state index in [2.05, 4.69) is 100 Å². The van der Waals surface area contributed by atoms with Crippen LogP contribution in [0.4, 0.5) is 0 Å². The van der Waals surface area contributed by atoms with Crippen molar-refractivity contribution in [3.05, 3.63) is 12.2 Å². The van der Waals surface area contributed by atoms with Crippen LogP contribution in [0.5, 0.6) is 0 Å². The van der Waals surface area contributed by atoms with Gasteiger partial charge in [-0.3, -0.25) is 0 Å². The number of carbonyl (C=O) groups excluding carboxylic acids is 1. The number of hydrogen-bond donors (Lipinski definition) is 0. The van der Waals surface area contributed by atoms with Crippen LogP contribution in [0.3, 0.4) is 0 Å². The van der Waals surface area contributed by atoms with E-state index in [1.54, 1.807) is 6.92 Å². The minimum atomic E-state index is -2.33. The average Bonchev–Trinajstić information content (AvgIpc) is 2.67. The highest BCUT2D eigenvalue weighted by atomic mass is 28.4. The Morgan fingerprint density at radius 2 is 1.40 bits per heavy atom. The predicted molar refractivity (Wildman–Crippen MR) is 161 cm³/mol. The third kappa shape index (κ3) is 10.7. The summed E-state index contributed by atoms with van der Waals surface area (Å²) in [6, 6.07) is 0.923. The monoisotopic (exact) mass is 562 g/mol. The summed E-state index contributed by atoms with van der Waals surface area (Å²) in [6.07, 6.45) is 1.82. The minimum absolute atomic E-state index is 0.0466. The molecule has 0 aromatic carbocycles. The molecule has 35 heavy (non-hydrogen) atoms. The van der Waals surface area contributed by atoms with E-state index < -0.39 is 33.0 Å². The van der Waals surface area contributed by atoms with E-state index in [4.69, 9.17) is 18.0 Å². The lowest BCUT2D eigenvalue weighted by Crippen LogP contribution is -2.59. The first-order chi connectivity index (χ1) is 15.5. The van der Waals surface area contributed by atoms with E-state index in [0.29, 0.717) is 12.2 Å². The molecule has 0 heterocycles. The van der Waals surface area contributed by atoms with E-state index in [0.717, 1.165) is 18.9 Å². The van der Waals surface area contributed by atoms with Crippen molar-refractivity contribution in [2.75, 3.05) is 6.61 Å². The van der Waals surface area contributed by atoms with Crippen LogP contribution in [0.25, 0.3) is 0 Å². The van der Waals surface area contributed by atoms with Gasteiger partial charge in [-0.15, -0.1) is 0 Å². The molecule has 208 valence electrons. The van der Waals surface area contributed by atoms with Crippen molar-refractivity contribution in [2.24, 2.45) is 0 Å². The molecule has 5 nitrogen and oxygen atoms in total. The maximum atomic E-state index is 11.9. The van der Waals surface area contributed by atoms with Crippen LogP contribution in [0.1, 0.15) is 54.4 Å². The lowest BCUT2D eigenvalue weighted by atomic mass is 10.0. The fraction of sp³-hybridized carbons (Fsp3) is 0.885. The fourth-order valence-electron chi connectivity index (χ4n) is 4.19. The van der Waals surface area contributed by atoms with Crippen molar-refractivity contribution in [1.82, 2.24) is 0 Å². The molecule has 0 aliphatic heterocycles. The highest BCUT2D eigenvalue weighted by molar-refractivity contribution is 6.81. The van der Waals surface area contributed by atoms with Crippen molar-refractivity contribution in [1.29, 1.82) is 0 Å². The molecule has 0 aromatic heterocycles. The fourth-order valence-corrected chi connectivity index (χ4v) is 15.3. The molecule has 0 amide bonds. The Kier molecular flexibility index (Phi) is 13.1. The Bertz CT molecular complexity index is 701. The van der Waals surface area contributed by atoms with Crippen LogP contribution in [-0.4, -0.2) is 63.2 Å². The highest BCUT2D eigenvalue weighted by Crippen LogP contribution is 2.50. The number of carbonyl (C=O) groups is 1. The van der Waals surface area contributed by atoms with Gasteiger partial charge in [0.25, 0.3) is 0 Å². The molecule has 5 atom stereocenters. The van der Waals surface area contributed by atoms with Gasteiger partial charge >= 0.3 is 5.97 Å². The summed E-state index contributed by atoms with van der Waals surface area (Å²) in [5, 5.41) is -0.0948. The van der Waals surface area contributed by atoms with Crippen LogP contribution in [0.15, 0.2) is 12.2 Å². The number of rotatable bonds is 16. The first-order valence-electron chi connectivity index (χ1n) is 13.4.